The average Bonchev–Trinajstić information content (AvgIpc) is 2.16. The van der Waals surface area contributed by atoms with Crippen LogP contribution < -0.4 is 4.74 Å². The van der Waals surface area contributed by atoms with Gasteiger partial charge in [0.05, 0.1) is 13.5 Å². The Kier molecular flexibility index (Phi) is 4.11. The highest BCUT2D eigenvalue weighted by Gasteiger charge is 2.04. The Morgan fingerprint density at radius 3 is 2.69 bits per heavy atom. The molecule has 0 atom stereocenters. The van der Waals surface area contributed by atoms with Crippen molar-refractivity contribution in [2.75, 3.05) is 7.11 Å². The third kappa shape index (κ3) is 3.12. The topological polar surface area (TPSA) is 46.5 Å². The number of ether oxygens (including phenoxy) is 1. The molecule has 0 heterocycles. The predicted octanol–water partition coefficient (Wildman–Crippen LogP) is 2.80. The van der Waals surface area contributed by atoms with Gasteiger partial charge in [-0.15, -0.1) is 0 Å². The molecule has 16 heavy (non-hydrogen) atoms. The van der Waals surface area contributed by atoms with Crippen LogP contribution in [0.25, 0.3) is 6.08 Å². The first kappa shape index (κ1) is 12.3. The number of methoxy groups -OCH3 is 1. The van der Waals surface area contributed by atoms with Gasteiger partial charge < -0.3 is 9.84 Å². The molecule has 0 bridgehead atoms. The fourth-order valence-electron chi connectivity index (χ4n) is 1.68. The molecule has 1 aromatic carbocycles. The molecule has 3 nitrogen and oxygen atoms in total. The van der Waals surface area contributed by atoms with Gasteiger partial charge in [-0.25, -0.2) is 0 Å². The Balaban J connectivity index is 3.02. The minimum atomic E-state index is -0.834. The summed E-state index contributed by atoms with van der Waals surface area (Å²) in [4.78, 5) is 10.4. The molecule has 0 aliphatic rings. The molecule has 0 saturated heterocycles. The number of aryl methyl sites for hydroxylation is 2. The van der Waals surface area contributed by atoms with Crippen molar-refractivity contribution in [2.45, 2.75) is 20.3 Å². The van der Waals surface area contributed by atoms with Crippen molar-refractivity contribution >= 4 is 12.0 Å². The van der Waals surface area contributed by atoms with Crippen molar-refractivity contribution in [2.24, 2.45) is 0 Å². The van der Waals surface area contributed by atoms with E-state index in [1.807, 2.05) is 26.0 Å². The summed E-state index contributed by atoms with van der Waals surface area (Å²) < 4.78 is 5.29. The lowest BCUT2D eigenvalue weighted by atomic mass is 10.0. The minimum Gasteiger partial charge on any atom is -0.496 e. The molecule has 0 radical (unpaired) electrons. The number of benzene rings is 1. The lowest BCUT2D eigenvalue weighted by Crippen LogP contribution is -1.93. The number of carbonyl (C=O) groups is 1. The number of aliphatic carboxylic acids is 1. The Hall–Kier alpha value is -1.77. The molecular formula is C13H16O3. The number of carboxylic acid groups (broad SMARTS) is 1. The second-order valence-corrected chi connectivity index (χ2v) is 3.70. The highest BCUT2D eigenvalue weighted by molar-refractivity contribution is 5.71. The second-order valence-electron chi connectivity index (χ2n) is 3.70. The van der Waals surface area contributed by atoms with Gasteiger partial charge >= 0.3 is 5.97 Å². The first-order valence-electron chi connectivity index (χ1n) is 5.08. The van der Waals surface area contributed by atoms with E-state index in [1.54, 1.807) is 19.3 Å². The fourth-order valence-corrected chi connectivity index (χ4v) is 1.68. The molecule has 3 heteroatoms. The number of hydrogen-bond acceptors (Lipinski definition) is 2. The van der Waals surface area contributed by atoms with Gasteiger partial charge in [-0.3, -0.25) is 4.79 Å². The predicted molar refractivity (Wildman–Crippen MR) is 63.8 cm³/mol. The smallest absolute Gasteiger partial charge is 0.307 e. The minimum absolute atomic E-state index is 0.0240. The largest absolute Gasteiger partial charge is 0.496 e. The van der Waals surface area contributed by atoms with Crippen LogP contribution in [-0.4, -0.2) is 18.2 Å². The van der Waals surface area contributed by atoms with Gasteiger partial charge in [0.25, 0.3) is 0 Å². The van der Waals surface area contributed by atoms with Crippen LogP contribution in [-0.2, 0) is 4.79 Å². The molecule has 1 N–H and O–H groups in total. The van der Waals surface area contributed by atoms with Gasteiger partial charge in [-0.2, -0.15) is 0 Å². The summed E-state index contributed by atoms with van der Waals surface area (Å²) in [5.41, 5.74) is 3.10. The van der Waals surface area contributed by atoms with Crippen molar-refractivity contribution < 1.29 is 14.6 Å². The van der Waals surface area contributed by atoms with Crippen LogP contribution >= 0.6 is 0 Å². The number of rotatable bonds is 4. The van der Waals surface area contributed by atoms with E-state index in [0.717, 1.165) is 22.4 Å². The summed E-state index contributed by atoms with van der Waals surface area (Å²) in [7, 11) is 1.62. The normalized spacial score (nSPS) is 10.7. The van der Waals surface area contributed by atoms with Gasteiger partial charge in [0, 0.05) is 5.56 Å². The average molecular weight is 220 g/mol. The summed E-state index contributed by atoms with van der Waals surface area (Å²) in [5, 5.41) is 8.54. The highest BCUT2D eigenvalue weighted by Crippen LogP contribution is 2.26. The van der Waals surface area contributed by atoms with Crippen LogP contribution in [0.5, 0.6) is 5.75 Å². The molecule has 0 unspecified atom stereocenters. The van der Waals surface area contributed by atoms with Crippen LogP contribution in [0.1, 0.15) is 23.1 Å². The first-order chi connectivity index (χ1) is 7.54. The summed E-state index contributed by atoms with van der Waals surface area (Å²) in [6.45, 7) is 3.97. The van der Waals surface area contributed by atoms with Crippen molar-refractivity contribution in [3.63, 3.8) is 0 Å². The van der Waals surface area contributed by atoms with Crippen molar-refractivity contribution in [1.29, 1.82) is 0 Å². The zero-order valence-electron chi connectivity index (χ0n) is 9.78. The maximum atomic E-state index is 10.4. The van der Waals surface area contributed by atoms with Crippen LogP contribution in [0, 0.1) is 13.8 Å². The molecule has 0 fully saturated rings. The summed E-state index contributed by atoms with van der Waals surface area (Å²) in [5.74, 6) is -0.0353. The highest BCUT2D eigenvalue weighted by atomic mass is 16.5. The molecule has 1 aromatic rings. The third-order valence-electron chi connectivity index (χ3n) is 2.24. The van der Waals surface area contributed by atoms with Gasteiger partial charge in [0.15, 0.2) is 0 Å². The van der Waals surface area contributed by atoms with E-state index in [1.165, 1.54) is 0 Å². The van der Waals surface area contributed by atoms with Gasteiger partial charge in [-0.05, 0) is 25.5 Å². The van der Waals surface area contributed by atoms with Crippen molar-refractivity contribution in [1.82, 2.24) is 0 Å². The van der Waals surface area contributed by atoms with E-state index in [9.17, 15) is 4.79 Å². The molecular weight excluding hydrogens is 204 g/mol. The van der Waals surface area contributed by atoms with Crippen LogP contribution in [0.15, 0.2) is 18.2 Å². The van der Waals surface area contributed by atoms with E-state index < -0.39 is 5.97 Å². The Labute approximate surface area is 95.4 Å². The van der Waals surface area contributed by atoms with Crippen LogP contribution in [0.4, 0.5) is 0 Å². The second kappa shape index (κ2) is 5.35. The standard InChI is InChI=1S/C13H16O3/c1-9-7-10(2)13(16-3)11(8-9)5-4-6-12(14)15/h4-5,7-8H,6H2,1-3H3,(H,14,15)/b5-4+. The molecule has 0 aliphatic carbocycles. The molecule has 86 valence electrons. The summed E-state index contributed by atoms with van der Waals surface area (Å²) in [6, 6.07) is 4.01. The van der Waals surface area contributed by atoms with E-state index >= 15 is 0 Å². The van der Waals surface area contributed by atoms with Gasteiger partial charge in [0.2, 0.25) is 0 Å². The molecule has 0 aliphatic heterocycles. The van der Waals surface area contributed by atoms with Crippen LogP contribution in [0.3, 0.4) is 0 Å². The third-order valence-corrected chi connectivity index (χ3v) is 2.24. The monoisotopic (exact) mass is 220 g/mol. The summed E-state index contributed by atoms with van der Waals surface area (Å²) in [6.07, 6.45) is 3.43. The lowest BCUT2D eigenvalue weighted by Gasteiger charge is -2.09. The summed E-state index contributed by atoms with van der Waals surface area (Å²) >= 11 is 0. The van der Waals surface area contributed by atoms with E-state index in [0.29, 0.717) is 0 Å². The maximum Gasteiger partial charge on any atom is 0.307 e. The van der Waals surface area contributed by atoms with E-state index in [2.05, 4.69) is 0 Å². The Morgan fingerprint density at radius 2 is 2.12 bits per heavy atom. The zero-order chi connectivity index (χ0) is 12.1. The zero-order valence-corrected chi connectivity index (χ0v) is 9.78. The van der Waals surface area contributed by atoms with Gasteiger partial charge in [-0.1, -0.05) is 23.8 Å². The SMILES string of the molecule is COc1c(C)cc(C)cc1/C=C/CC(=O)O. The van der Waals surface area contributed by atoms with Crippen LogP contribution in [0.2, 0.25) is 0 Å². The first-order valence-corrected chi connectivity index (χ1v) is 5.08. The fraction of sp³-hybridized carbons (Fsp3) is 0.308. The molecule has 0 aromatic heterocycles. The van der Waals surface area contributed by atoms with E-state index in [4.69, 9.17) is 9.84 Å². The molecule has 0 saturated carbocycles. The quantitative estimate of drug-likeness (QED) is 0.848. The van der Waals surface area contributed by atoms with Crippen molar-refractivity contribution in [3.05, 3.63) is 34.9 Å². The Morgan fingerprint density at radius 1 is 1.44 bits per heavy atom. The lowest BCUT2D eigenvalue weighted by molar-refractivity contribution is -0.135. The number of carboxylic acids is 1. The number of hydrogen-bond donors (Lipinski definition) is 1. The van der Waals surface area contributed by atoms with Crippen molar-refractivity contribution in [3.8, 4) is 5.75 Å². The maximum absolute atomic E-state index is 10.4. The van der Waals surface area contributed by atoms with Gasteiger partial charge in [0.1, 0.15) is 5.75 Å². The molecule has 0 amide bonds. The Bertz CT molecular complexity index is 419. The molecule has 0 spiro atoms. The van der Waals surface area contributed by atoms with E-state index in [-0.39, 0.29) is 6.42 Å². The molecule has 1 rings (SSSR count).